The number of carbonyl (C=O) groups excluding carboxylic acids is 1. The highest BCUT2D eigenvalue weighted by molar-refractivity contribution is 5.91. The zero-order valence-corrected chi connectivity index (χ0v) is 16.0. The van der Waals surface area contributed by atoms with E-state index in [1.807, 2.05) is 18.2 Å². The lowest BCUT2D eigenvalue weighted by Crippen LogP contribution is -2.25. The number of benzene rings is 1. The van der Waals surface area contributed by atoms with E-state index in [4.69, 9.17) is 5.73 Å². The van der Waals surface area contributed by atoms with Crippen LogP contribution in [0.15, 0.2) is 24.3 Å². The van der Waals surface area contributed by atoms with E-state index in [2.05, 4.69) is 37.2 Å². The minimum Gasteiger partial charge on any atom is -0.372 e. The molecule has 23 heavy (non-hydrogen) atoms. The van der Waals surface area contributed by atoms with Crippen molar-refractivity contribution in [3.63, 3.8) is 0 Å². The molecule has 0 spiro atoms. The number of hydrogen-bond donors (Lipinski definition) is 2. The van der Waals surface area contributed by atoms with Crippen LogP contribution in [0, 0.1) is 0 Å². The Morgan fingerprint density at radius 2 is 1.83 bits per heavy atom. The van der Waals surface area contributed by atoms with Gasteiger partial charge in [-0.25, -0.2) is 0 Å². The van der Waals surface area contributed by atoms with E-state index < -0.39 is 0 Å². The van der Waals surface area contributed by atoms with Gasteiger partial charge in [0.1, 0.15) is 0 Å². The molecular formula is C17H31Cl2N3O. The summed E-state index contributed by atoms with van der Waals surface area (Å²) >= 11 is 0. The Hall–Kier alpha value is -0.970. The molecule has 1 aromatic rings. The predicted octanol–water partition coefficient (Wildman–Crippen LogP) is 4.22. The van der Waals surface area contributed by atoms with Crippen LogP contribution in [0.1, 0.15) is 46.0 Å². The highest BCUT2D eigenvalue weighted by atomic mass is 35.5. The second kappa shape index (κ2) is 13.5. The van der Waals surface area contributed by atoms with Gasteiger partial charge in [-0.15, -0.1) is 24.8 Å². The number of hydrogen-bond acceptors (Lipinski definition) is 3. The first-order valence-electron chi connectivity index (χ1n) is 7.87. The lowest BCUT2D eigenvalue weighted by Gasteiger charge is -2.24. The lowest BCUT2D eigenvalue weighted by molar-refractivity contribution is -0.116. The fourth-order valence-corrected chi connectivity index (χ4v) is 2.11. The van der Waals surface area contributed by atoms with Gasteiger partial charge in [0.05, 0.1) is 0 Å². The Kier molecular flexibility index (Phi) is 14.2. The van der Waals surface area contributed by atoms with Crippen LogP contribution in [0.5, 0.6) is 0 Å². The van der Waals surface area contributed by atoms with Crippen LogP contribution in [0.4, 0.5) is 11.4 Å². The quantitative estimate of drug-likeness (QED) is 0.645. The fourth-order valence-electron chi connectivity index (χ4n) is 2.11. The van der Waals surface area contributed by atoms with Gasteiger partial charge in [-0.3, -0.25) is 4.79 Å². The van der Waals surface area contributed by atoms with E-state index in [1.54, 1.807) is 0 Å². The van der Waals surface area contributed by atoms with E-state index in [1.165, 1.54) is 0 Å². The van der Waals surface area contributed by atoms with Crippen molar-refractivity contribution in [1.29, 1.82) is 0 Å². The summed E-state index contributed by atoms with van der Waals surface area (Å²) in [4.78, 5) is 14.1. The molecule has 0 aliphatic carbocycles. The average molecular weight is 364 g/mol. The number of nitrogens with one attached hydrogen (secondary N) is 1. The smallest absolute Gasteiger partial charge is 0.224 e. The van der Waals surface area contributed by atoms with E-state index in [9.17, 15) is 4.79 Å². The molecule has 3 N–H and O–H groups in total. The minimum absolute atomic E-state index is 0. The summed E-state index contributed by atoms with van der Waals surface area (Å²) in [6.45, 7) is 5.03. The molecule has 0 saturated heterocycles. The van der Waals surface area contributed by atoms with Gasteiger partial charge >= 0.3 is 0 Å². The number of nitrogens with two attached hydrogens (primary N) is 1. The van der Waals surface area contributed by atoms with Crippen LogP contribution in [-0.2, 0) is 4.79 Å². The third-order valence-electron chi connectivity index (χ3n) is 3.67. The molecule has 0 heterocycles. The number of nitrogens with zero attached hydrogens (tertiary/aromatic N) is 1. The Bertz CT molecular complexity index is 442. The van der Waals surface area contributed by atoms with Gasteiger partial charge in [-0.2, -0.15) is 0 Å². The van der Waals surface area contributed by atoms with Crippen LogP contribution in [0.25, 0.3) is 0 Å². The molecule has 0 unspecified atom stereocenters. The molecule has 1 aromatic carbocycles. The Labute approximate surface area is 153 Å². The van der Waals surface area contributed by atoms with E-state index in [0.29, 0.717) is 12.5 Å². The summed E-state index contributed by atoms with van der Waals surface area (Å²) in [6.07, 6.45) is 4.73. The molecule has 0 aromatic heterocycles. The monoisotopic (exact) mass is 363 g/mol. The van der Waals surface area contributed by atoms with Crippen LogP contribution >= 0.6 is 24.8 Å². The first-order chi connectivity index (χ1) is 10.0. The van der Waals surface area contributed by atoms with Gasteiger partial charge < -0.3 is 16.0 Å². The Balaban J connectivity index is 0. The van der Waals surface area contributed by atoms with Gasteiger partial charge in [0.25, 0.3) is 0 Å². The molecule has 134 valence electrons. The van der Waals surface area contributed by atoms with Gasteiger partial charge in [-0.05, 0) is 51.4 Å². The molecule has 0 fully saturated rings. The van der Waals surface area contributed by atoms with Crippen molar-refractivity contribution in [2.24, 2.45) is 5.73 Å². The SMILES string of the molecule is CC(C)N(C)c1cccc(NC(=O)CCCCCCN)c1.Cl.Cl. The largest absolute Gasteiger partial charge is 0.372 e. The second-order valence-corrected chi connectivity index (χ2v) is 5.76. The summed E-state index contributed by atoms with van der Waals surface area (Å²) < 4.78 is 0. The third-order valence-corrected chi connectivity index (χ3v) is 3.67. The summed E-state index contributed by atoms with van der Waals surface area (Å²) in [5, 5.41) is 2.98. The standard InChI is InChI=1S/C17H29N3O.2ClH/c1-14(2)20(3)16-10-8-9-15(13-16)19-17(21)11-6-4-5-7-12-18;;/h8-10,13-14H,4-7,11-12,18H2,1-3H3,(H,19,21);2*1H. The summed E-state index contributed by atoms with van der Waals surface area (Å²) in [5.41, 5.74) is 7.43. The summed E-state index contributed by atoms with van der Waals surface area (Å²) in [5.74, 6) is 0.0899. The molecule has 0 bridgehead atoms. The van der Waals surface area contributed by atoms with Crippen molar-refractivity contribution in [2.75, 3.05) is 23.8 Å². The molecule has 0 aliphatic rings. The van der Waals surface area contributed by atoms with Crippen molar-refractivity contribution in [3.05, 3.63) is 24.3 Å². The first kappa shape index (κ1) is 24.3. The van der Waals surface area contributed by atoms with Crippen molar-refractivity contribution in [1.82, 2.24) is 0 Å². The van der Waals surface area contributed by atoms with Gasteiger partial charge in [0.15, 0.2) is 0 Å². The van der Waals surface area contributed by atoms with Crippen LogP contribution in [0.3, 0.4) is 0 Å². The average Bonchev–Trinajstić information content (AvgIpc) is 2.46. The Morgan fingerprint density at radius 1 is 1.17 bits per heavy atom. The molecule has 0 atom stereocenters. The number of carbonyl (C=O) groups is 1. The maximum Gasteiger partial charge on any atom is 0.224 e. The summed E-state index contributed by atoms with van der Waals surface area (Å²) in [6, 6.07) is 8.42. The van der Waals surface area contributed by atoms with Crippen molar-refractivity contribution in [2.45, 2.75) is 52.0 Å². The van der Waals surface area contributed by atoms with Gasteiger partial charge in [0.2, 0.25) is 5.91 Å². The maximum atomic E-state index is 11.9. The Morgan fingerprint density at radius 3 is 2.43 bits per heavy atom. The zero-order chi connectivity index (χ0) is 15.7. The number of halogens is 2. The molecule has 0 radical (unpaired) electrons. The molecule has 0 saturated carbocycles. The van der Waals surface area contributed by atoms with Crippen molar-refractivity contribution >= 4 is 42.1 Å². The van der Waals surface area contributed by atoms with Crippen LogP contribution < -0.4 is 16.0 Å². The van der Waals surface area contributed by atoms with E-state index in [-0.39, 0.29) is 30.7 Å². The van der Waals surface area contributed by atoms with E-state index in [0.717, 1.165) is 43.6 Å². The number of unbranched alkanes of at least 4 members (excludes halogenated alkanes) is 3. The van der Waals surface area contributed by atoms with E-state index >= 15 is 0 Å². The van der Waals surface area contributed by atoms with Crippen molar-refractivity contribution in [3.8, 4) is 0 Å². The highest BCUT2D eigenvalue weighted by Gasteiger charge is 2.07. The number of rotatable bonds is 9. The first-order valence-corrected chi connectivity index (χ1v) is 7.87. The molecule has 4 nitrogen and oxygen atoms in total. The second-order valence-electron chi connectivity index (χ2n) is 5.76. The lowest BCUT2D eigenvalue weighted by atomic mass is 10.1. The zero-order valence-electron chi connectivity index (χ0n) is 14.4. The molecule has 6 heteroatoms. The summed E-state index contributed by atoms with van der Waals surface area (Å²) in [7, 11) is 2.06. The normalized spacial score (nSPS) is 9.78. The number of amides is 1. The third kappa shape index (κ3) is 9.69. The molecule has 1 amide bonds. The minimum atomic E-state index is 0. The van der Waals surface area contributed by atoms with Crippen LogP contribution in [-0.4, -0.2) is 25.5 Å². The molecule has 0 aliphatic heterocycles. The number of anilines is 2. The van der Waals surface area contributed by atoms with Crippen LogP contribution in [0.2, 0.25) is 0 Å². The van der Waals surface area contributed by atoms with Crippen molar-refractivity contribution < 1.29 is 4.79 Å². The van der Waals surface area contributed by atoms with Gasteiger partial charge in [0, 0.05) is 30.9 Å². The topological polar surface area (TPSA) is 58.4 Å². The van der Waals surface area contributed by atoms with Gasteiger partial charge in [-0.1, -0.05) is 18.9 Å². The fraction of sp³-hybridized carbons (Fsp3) is 0.588. The molecular weight excluding hydrogens is 333 g/mol. The molecule has 1 rings (SSSR count). The highest BCUT2D eigenvalue weighted by Crippen LogP contribution is 2.20. The maximum absolute atomic E-state index is 11.9. The predicted molar refractivity (Wildman–Crippen MR) is 105 cm³/mol.